The van der Waals surface area contributed by atoms with Crippen molar-refractivity contribution in [1.82, 2.24) is 4.90 Å². The molecular formula is C20H19BrN2O5. The van der Waals surface area contributed by atoms with Crippen molar-refractivity contribution in [3.63, 3.8) is 0 Å². The number of hydrogen-bond acceptors (Lipinski definition) is 5. The fraction of sp³-hybridized carbons (Fsp3) is 0.400. The zero-order valence-corrected chi connectivity index (χ0v) is 16.8. The number of likely N-dealkylation sites (tertiary alicyclic amines) is 1. The van der Waals surface area contributed by atoms with Gasteiger partial charge in [-0.05, 0) is 48.9 Å². The largest absolute Gasteiger partial charge is 0.454 e. The van der Waals surface area contributed by atoms with Crippen LogP contribution < -0.4 is 5.32 Å². The van der Waals surface area contributed by atoms with Gasteiger partial charge in [0.15, 0.2) is 6.61 Å². The number of anilines is 1. The smallest absolute Gasteiger partial charge is 0.326 e. The summed E-state index contributed by atoms with van der Waals surface area (Å²) in [7, 11) is 0. The average molecular weight is 447 g/mol. The summed E-state index contributed by atoms with van der Waals surface area (Å²) in [6.07, 6.45) is 4.82. The van der Waals surface area contributed by atoms with E-state index in [-0.39, 0.29) is 35.5 Å². The molecular weight excluding hydrogens is 428 g/mol. The molecule has 0 unspecified atom stereocenters. The van der Waals surface area contributed by atoms with Gasteiger partial charge < -0.3 is 10.1 Å². The number of carbonyl (C=O) groups excluding carboxylic acids is 4. The highest BCUT2D eigenvalue weighted by Crippen LogP contribution is 2.52. The second kappa shape index (κ2) is 7.16. The second-order valence-electron chi connectivity index (χ2n) is 7.44. The van der Waals surface area contributed by atoms with Gasteiger partial charge in [-0.25, -0.2) is 0 Å². The van der Waals surface area contributed by atoms with Gasteiger partial charge in [-0.2, -0.15) is 0 Å². The molecule has 0 radical (unpaired) electrons. The third-order valence-electron chi connectivity index (χ3n) is 5.65. The number of benzene rings is 1. The molecule has 0 spiro atoms. The summed E-state index contributed by atoms with van der Waals surface area (Å²) in [5.74, 6) is -2.40. The van der Waals surface area contributed by atoms with E-state index in [0.29, 0.717) is 5.69 Å². The number of allylic oxidation sites excluding steroid dienone is 2. The van der Waals surface area contributed by atoms with Gasteiger partial charge in [-0.15, -0.1) is 0 Å². The molecule has 146 valence electrons. The van der Waals surface area contributed by atoms with E-state index in [1.807, 2.05) is 19.1 Å². The first-order valence-electron chi connectivity index (χ1n) is 9.10. The van der Waals surface area contributed by atoms with Crippen molar-refractivity contribution in [3.05, 3.63) is 40.4 Å². The molecule has 8 heteroatoms. The minimum Gasteiger partial charge on any atom is -0.454 e. The molecule has 1 aromatic carbocycles. The van der Waals surface area contributed by atoms with Crippen molar-refractivity contribution in [1.29, 1.82) is 0 Å². The first-order chi connectivity index (χ1) is 13.3. The number of fused-ring (bicyclic) bond motifs is 5. The number of rotatable bonds is 5. The highest BCUT2D eigenvalue weighted by Gasteiger charge is 2.59. The maximum atomic E-state index is 12.5. The van der Waals surface area contributed by atoms with Crippen LogP contribution >= 0.6 is 15.9 Å². The van der Waals surface area contributed by atoms with Crippen molar-refractivity contribution in [3.8, 4) is 0 Å². The van der Waals surface area contributed by atoms with E-state index in [2.05, 4.69) is 21.2 Å². The van der Waals surface area contributed by atoms with Crippen molar-refractivity contribution in [2.75, 3.05) is 18.5 Å². The Kier molecular flexibility index (Phi) is 4.82. The third kappa shape index (κ3) is 3.26. The SMILES string of the molecule is Cc1cc(NC(=O)COC(=O)CN2C(=O)[C@@H]3[C@H](C2=O)[C@H]2C=C[C@H]3C2)ccc1Br. The number of imide groups is 1. The van der Waals surface area contributed by atoms with Crippen LogP contribution in [0.2, 0.25) is 0 Å². The Bertz CT molecular complexity index is 882. The molecule has 1 saturated heterocycles. The number of ether oxygens (including phenoxy) is 1. The topological polar surface area (TPSA) is 92.8 Å². The summed E-state index contributed by atoms with van der Waals surface area (Å²) in [4.78, 5) is 50.1. The molecule has 1 N–H and O–H groups in total. The Morgan fingerprint density at radius 3 is 2.43 bits per heavy atom. The molecule has 28 heavy (non-hydrogen) atoms. The van der Waals surface area contributed by atoms with Crippen LogP contribution in [0.25, 0.3) is 0 Å². The van der Waals surface area contributed by atoms with E-state index in [0.717, 1.165) is 21.4 Å². The fourth-order valence-corrected chi connectivity index (χ4v) is 4.61. The maximum Gasteiger partial charge on any atom is 0.326 e. The average Bonchev–Trinajstić information content (AvgIpc) is 3.33. The molecule has 1 aliphatic heterocycles. The Morgan fingerprint density at radius 2 is 1.82 bits per heavy atom. The number of nitrogens with one attached hydrogen (secondary N) is 1. The Hall–Kier alpha value is -2.48. The predicted molar refractivity (Wildman–Crippen MR) is 103 cm³/mol. The highest BCUT2D eigenvalue weighted by atomic mass is 79.9. The number of hydrogen-bond donors (Lipinski definition) is 1. The zero-order valence-electron chi connectivity index (χ0n) is 15.2. The van der Waals surface area contributed by atoms with Crippen molar-refractivity contribution >= 4 is 45.3 Å². The second-order valence-corrected chi connectivity index (χ2v) is 8.29. The molecule has 1 saturated carbocycles. The van der Waals surface area contributed by atoms with Crippen LogP contribution in [0.5, 0.6) is 0 Å². The van der Waals surface area contributed by atoms with Crippen molar-refractivity contribution < 1.29 is 23.9 Å². The van der Waals surface area contributed by atoms with Gasteiger partial charge in [-0.1, -0.05) is 28.1 Å². The number of aryl methyl sites for hydroxylation is 1. The van der Waals surface area contributed by atoms with Crippen LogP contribution in [0.15, 0.2) is 34.8 Å². The number of halogens is 1. The van der Waals surface area contributed by atoms with Gasteiger partial charge in [0.05, 0.1) is 11.8 Å². The zero-order chi connectivity index (χ0) is 20.0. The third-order valence-corrected chi connectivity index (χ3v) is 6.54. The normalized spacial score (nSPS) is 27.3. The van der Waals surface area contributed by atoms with E-state index in [1.165, 1.54) is 0 Å². The number of amides is 3. The van der Waals surface area contributed by atoms with Crippen LogP contribution in [0.1, 0.15) is 12.0 Å². The van der Waals surface area contributed by atoms with Gasteiger partial charge in [0.25, 0.3) is 5.91 Å². The summed E-state index contributed by atoms with van der Waals surface area (Å²) in [5, 5.41) is 2.64. The maximum absolute atomic E-state index is 12.5. The van der Waals surface area contributed by atoms with Gasteiger partial charge in [0, 0.05) is 10.2 Å². The summed E-state index contributed by atoms with van der Waals surface area (Å²) in [5.41, 5.74) is 1.54. The molecule has 2 fully saturated rings. The molecule has 3 amide bonds. The molecule has 3 aliphatic rings. The van der Waals surface area contributed by atoms with Crippen LogP contribution in [0, 0.1) is 30.6 Å². The summed E-state index contributed by atoms with van der Waals surface area (Å²) in [6, 6.07) is 5.31. The van der Waals surface area contributed by atoms with Gasteiger partial charge in [0.2, 0.25) is 11.8 Å². The van der Waals surface area contributed by atoms with Crippen molar-refractivity contribution in [2.45, 2.75) is 13.3 Å². The molecule has 4 atom stereocenters. The Labute approximate surface area is 170 Å². The number of esters is 1. The number of carbonyl (C=O) groups is 4. The van der Waals surface area contributed by atoms with Crippen molar-refractivity contribution in [2.24, 2.45) is 23.7 Å². The lowest BCUT2D eigenvalue weighted by molar-refractivity contribution is -0.154. The van der Waals surface area contributed by atoms with Gasteiger partial charge >= 0.3 is 5.97 Å². The van der Waals surface area contributed by atoms with E-state index >= 15 is 0 Å². The summed E-state index contributed by atoms with van der Waals surface area (Å²) in [6.45, 7) is 0.958. The highest BCUT2D eigenvalue weighted by molar-refractivity contribution is 9.10. The van der Waals surface area contributed by atoms with E-state index in [4.69, 9.17) is 4.74 Å². The van der Waals surface area contributed by atoms with Gasteiger partial charge in [-0.3, -0.25) is 24.1 Å². The minimum absolute atomic E-state index is 0.0904. The number of nitrogens with zero attached hydrogens (tertiary/aromatic N) is 1. The Morgan fingerprint density at radius 1 is 1.18 bits per heavy atom. The first-order valence-corrected chi connectivity index (χ1v) is 9.89. The standard InChI is InChI=1S/C20H19BrN2O5/c1-10-6-13(4-5-14(10)21)22-15(24)9-28-16(25)8-23-19(26)17-11-2-3-12(7-11)18(17)20(23)27/h2-6,11-12,17-18H,7-9H2,1H3,(H,22,24)/t11-,12-,17-,18+/m0/s1. The van der Waals surface area contributed by atoms with E-state index in [9.17, 15) is 19.2 Å². The molecule has 4 rings (SSSR count). The fourth-order valence-electron chi connectivity index (χ4n) is 4.36. The summed E-state index contributed by atoms with van der Waals surface area (Å²) >= 11 is 3.38. The predicted octanol–water partition coefficient (Wildman–Crippen LogP) is 2.05. The first kappa shape index (κ1) is 18.9. The molecule has 1 aromatic rings. The molecule has 2 bridgehead atoms. The summed E-state index contributed by atoms with van der Waals surface area (Å²) < 4.78 is 5.88. The van der Waals surface area contributed by atoms with E-state index in [1.54, 1.807) is 18.2 Å². The van der Waals surface area contributed by atoms with Crippen LogP contribution in [-0.2, 0) is 23.9 Å². The lowest BCUT2D eigenvalue weighted by Gasteiger charge is -2.16. The molecule has 7 nitrogen and oxygen atoms in total. The van der Waals surface area contributed by atoms with Crippen LogP contribution in [0.4, 0.5) is 5.69 Å². The minimum atomic E-state index is -0.774. The van der Waals surface area contributed by atoms with Crippen LogP contribution in [0.3, 0.4) is 0 Å². The molecule has 1 heterocycles. The Balaban J connectivity index is 1.29. The molecule has 0 aromatic heterocycles. The molecule has 2 aliphatic carbocycles. The lowest BCUT2D eigenvalue weighted by Crippen LogP contribution is -2.38. The van der Waals surface area contributed by atoms with Gasteiger partial charge in [0.1, 0.15) is 6.54 Å². The van der Waals surface area contributed by atoms with Crippen LogP contribution in [-0.4, -0.2) is 41.7 Å². The monoisotopic (exact) mass is 446 g/mol. The quantitative estimate of drug-likeness (QED) is 0.424. The lowest BCUT2D eigenvalue weighted by atomic mass is 9.85. The van der Waals surface area contributed by atoms with E-state index < -0.39 is 25.0 Å².